The maximum atomic E-state index is 13.5. The number of hydrogen-bond donors (Lipinski definition) is 1. The number of carbonyl (C=O) groups excluding carboxylic acids is 2. The van der Waals surface area contributed by atoms with Gasteiger partial charge in [-0.05, 0) is 40.9 Å². The van der Waals surface area contributed by atoms with E-state index >= 15 is 0 Å². The van der Waals surface area contributed by atoms with Gasteiger partial charge in [0.15, 0.2) is 0 Å². The van der Waals surface area contributed by atoms with E-state index in [1.165, 1.54) is 17.0 Å². The third-order valence-electron chi connectivity index (χ3n) is 3.53. The van der Waals surface area contributed by atoms with Gasteiger partial charge in [0.2, 0.25) is 5.91 Å². The van der Waals surface area contributed by atoms with Crippen LogP contribution in [0.1, 0.15) is 36.0 Å². The third-order valence-corrected chi connectivity index (χ3v) is 4.34. The van der Waals surface area contributed by atoms with E-state index < -0.39 is 11.7 Å². The molecule has 0 saturated heterocycles. The van der Waals surface area contributed by atoms with Gasteiger partial charge in [0.25, 0.3) is 5.91 Å². The molecule has 1 fully saturated rings. The summed E-state index contributed by atoms with van der Waals surface area (Å²) >= 11 is 3.09. The Kier molecular flexibility index (Phi) is 4.75. The van der Waals surface area contributed by atoms with Gasteiger partial charge in [0.05, 0.1) is 16.6 Å². The average molecular weight is 343 g/mol. The predicted octanol–water partition coefficient (Wildman–Crippen LogP) is 2.46. The summed E-state index contributed by atoms with van der Waals surface area (Å²) in [5.74, 6) is -1.42. The van der Waals surface area contributed by atoms with Crippen LogP contribution in [0, 0.1) is 5.82 Å². The zero-order chi connectivity index (χ0) is 14.7. The molecule has 0 aliphatic heterocycles. The lowest BCUT2D eigenvalue weighted by molar-refractivity contribution is -0.119. The molecule has 108 valence electrons. The number of nitrogens with zero attached hydrogens (tertiary/aromatic N) is 1. The number of primary amides is 1. The summed E-state index contributed by atoms with van der Waals surface area (Å²) in [6.45, 7) is -0.132. The van der Waals surface area contributed by atoms with Crippen LogP contribution in [0.4, 0.5) is 4.39 Å². The lowest BCUT2D eigenvalue weighted by Crippen LogP contribution is -2.44. The fourth-order valence-corrected chi connectivity index (χ4v) is 3.01. The van der Waals surface area contributed by atoms with Gasteiger partial charge in [-0.2, -0.15) is 0 Å². The maximum Gasteiger partial charge on any atom is 0.255 e. The molecule has 20 heavy (non-hydrogen) atoms. The van der Waals surface area contributed by atoms with Crippen molar-refractivity contribution < 1.29 is 14.0 Å². The van der Waals surface area contributed by atoms with Gasteiger partial charge < -0.3 is 10.6 Å². The first-order valence-corrected chi connectivity index (χ1v) is 7.33. The predicted molar refractivity (Wildman–Crippen MR) is 76.6 cm³/mol. The van der Waals surface area contributed by atoms with Gasteiger partial charge in [-0.15, -0.1) is 0 Å². The van der Waals surface area contributed by atoms with Crippen LogP contribution in [-0.4, -0.2) is 29.3 Å². The van der Waals surface area contributed by atoms with Crippen LogP contribution >= 0.6 is 15.9 Å². The minimum absolute atomic E-state index is 0.00478. The van der Waals surface area contributed by atoms with Crippen LogP contribution in [0.25, 0.3) is 0 Å². The van der Waals surface area contributed by atoms with Crippen molar-refractivity contribution in [1.82, 2.24) is 4.90 Å². The van der Waals surface area contributed by atoms with Gasteiger partial charge in [-0.3, -0.25) is 9.59 Å². The number of hydrogen-bond acceptors (Lipinski definition) is 2. The number of nitrogens with two attached hydrogens (primary N) is 1. The molecule has 1 aromatic rings. The highest BCUT2D eigenvalue weighted by Crippen LogP contribution is 2.27. The van der Waals surface area contributed by atoms with E-state index in [4.69, 9.17) is 5.73 Å². The molecule has 1 saturated carbocycles. The Bertz CT molecular complexity index is 530. The van der Waals surface area contributed by atoms with E-state index in [1.54, 1.807) is 6.07 Å². The molecule has 2 amide bonds. The van der Waals surface area contributed by atoms with Gasteiger partial charge in [0.1, 0.15) is 5.82 Å². The van der Waals surface area contributed by atoms with E-state index in [9.17, 15) is 14.0 Å². The van der Waals surface area contributed by atoms with Crippen LogP contribution in [0.2, 0.25) is 0 Å². The first-order valence-electron chi connectivity index (χ1n) is 6.54. The molecule has 0 spiro atoms. The number of carbonyl (C=O) groups is 2. The van der Waals surface area contributed by atoms with Gasteiger partial charge in [-0.1, -0.05) is 18.9 Å². The third kappa shape index (κ3) is 3.17. The van der Waals surface area contributed by atoms with Crippen LogP contribution < -0.4 is 5.73 Å². The Balaban J connectivity index is 2.29. The Hall–Kier alpha value is -1.43. The maximum absolute atomic E-state index is 13.5. The fourth-order valence-electron chi connectivity index (χ4n) is 2.57. The zero-order valence-electron chi connectivity index (χ0n) is 10.9. The Labute approximate surface area is 125 Å². The van der Waals surface area contributed by atoms with E-state index in [2.05, 4.69) is 15.9 Å². The molecular weight excluding hydrogens is 327 g/mol. The Morgan fingerprint density at radius 3 is 2.60 bits per heavy atom. The molecule has 1 aliphatic rings. The highest BCUT2D eigenvalue weighted by Gasteiger charge is 2.29. The van der Waals surface area contributed by atoms with Crippen molar-refractivity contribution >= 4 is 27.7 Å². The molecule has 6 heteroatoms. The van der Waals surface area contributed by atoms with Crippen molar-refractivity contribution in [2.45, 2.75) is 31.7 Å². The van der Waals surface area contributed by atoms with Crippen molar-refractivity contribution in [3.63, 3.8) is 0 Å². The Morgan fingerprint density at radius 1 is 1.35 bits per heavy atom. The van der Waals surface area contributed by atoms with E-state index in [-0.39, 0.29) is 28.5 Å². The molecule has 0 aromatic heterocycles. The van der Waals surface area contributed by atoms with E-state index in [1.807, 2.05) is 0 Å². The summed E-state index contributed by atoms with van der Waals surface area (Å²) in [7, 11) is 0. The lowest BCUT2D eigenvalue weighted by Gasteiger charge is -2.28. The largest absolute Gasteiger partial charge is 0.368 e. The summed E-state index contributed by atoms with van der Waals surface area (Å²) in [5.41, 5.74) is 5.45. The summed E-state index contributed by atoms with van der Waals surface area (Å²) in [5, 5.41) is 0. The number of amides is 2. The normalized spacial score (nSPS) is 15.3. The quantitative estimate of drug-likeness (QED) is 0.913. The fraction of sp³-hybridized carbons (Fsp3) is 0.429. The molecule has 2 N–H and O–H groups in total. The molecule has 0 bridgehead atoms. The van der Waals surface area contributed by atoms with Gasteiger partial charge in [-0.25, -0.2) is 4.39 Å². The number of halogens is 2. The summed E-state index contributed by atoms with van der Waals surface area (Å²) in [6.07, 6.45) is 3.76. The first-order chi connectivity index (χ1) is 9.50. The lowest BCUT2D eigenvalue weighted by atomic mass is 10.1. The molecular formula is C14H16BrFN2O2. The first kappa shape index (κ1) is 15.0. The molecule has 0 radical (unpaired) electrons. The van der Waals surface area contributed by atoms with Crippen molar-refractivity contribution in [2.75, 3.05) is 6.54 Å². The zero-order valence-corrected chi connectivity index (χ0v) is 12.5. The molecule has 1 aliphatic carbocycles. The van der Waals surface area contributed by atoms with E-state index in [0.29, 0.717) is 0 Å². The summed E-state index contributed by atoms with van der Waals surface area (Å²) in [4.78, 5) is 25.2. The highest BCUT2D eigenvalue weighted by molar-refractivity contribution is 9.10. The molecule has 0 unspecified atom stereocenters. The van der Waals surface area contributed by atoms with Crippen molar-refractivity contribution in [1.29, 1.82) is 0 Å². The average Bonchev–Trinajstić information content (AvgIpc) is 2.92. The van der Waals surface area contributed by atoms with Crippen LogP contribution in [0.5, 0.6) is 0 Å². The minimum atomic E-state index is -0.558. The summed E-state index contributed by atoms with van der Waals surface area (Å²) < 4.78 is 13.7. The van der Waals surface area contributed by atoms with Crippen LogP contribution in [-0.2, 0) is 4.79 Å². The molecule has 0 heterocycles. The van der Waals surface area contributed by atoms with Gasteiger partial charge >= 0.3 is 0 Å². The topological polar surface area (TPSA) is 63.4 Å². The Morgan fingerprint density at radius 2 is 2.00 bits per heavy atom. The van der Waals surface area contributed by atoms with Crippen LogP contribution in [0.3, 0.4) is 0 Å². The smallest absolute Gasteiger partial charge is 0.255 e. The molecule has 1 aromatic carbocycles. The van der Waals surface area contributed by atoms with Crippen molar-refractivity contribution in [3.8, 4) is 0 Å². The molecule has 2 rings (SSSR count). The van der Waals surface area contributed by atoms with Crippen LogP contribution in [0.15, 0.2) is 22.7 Å². The molecule has 0 atom stereocenters. The number of rotatable bonds is 4. The van der Waals surface area contributed by atoms with E-state index in [0.717, 1.165) is 25.7 Å². The monoisotopic (exact) mass is 342 g/mol. The van der Waals surface area contributed by atoms with Crippen molar-refractivity contribution in [2.24, 2.45) is 5.73 Å². The second kappa shape index (κ2) is 6.35. The standard InChI is InChI=1S/C14H16BrFN2O2/c15-13-10(6-3-7-11(13)16)14(20)18(8-12(17)19)9-4-1-2-5-9/h3,6-7,9H,1-2,4-5,8H2,(H2,17,19). The SMILES string of the molecule is NC(=O)CN(C(=O)c1cccc(F)c1Br)C1CCCC1. The summed E-state index contributed by atoms with van der Waals surface area (Å²) in [6, 6.07) is 4.29. The highest BCUT2D eigenvalue weighted by atomic mass is 79.9. The number of benzene rings is 1. The van der Waals surface area contributed by atoms with Gasteiger partial charge in [0, 0.05) is 6.04 Å². The second-order valence-corrected chi connectivity index (χ2v) is 5.73. The second-order valence-electron chi connectivity index (χ2n) is 4.94. The van der Waals surface area contributed by atoms with Crippen molar-refractivity contribution in [3.05, 3.63) is 34.1 Å². The minimum Gasteiger partial charge on any atom is -0.368 e. The molecule has 4 nitrogen and oxygen atoms in total.